The first-order valence-corrected chi connectivity index (χ1v) is 6.92. The average Bonchev–Trinajstić information content (AvgIpc) is 2.27. The van der Waals surface area contributed by atoms with Crippen molar-refractivity contribution in [1.82, 2.24) is 0 Å². The predicted molar refractivity (Wildman–Crippen MR) is 75.7 cm³/mol. The van der Waals surface area contributed by atoms with Gasteiger partial charge >= 0.3 is 5.97 Å². The second-order valence-corrected chi connectivity index (χ2v) is 7.32. The Morgan fingerprint density at radius 3 is 2.21 bits per heavy atom. The molecule has 0 unspecified atom stereocenters. The second kappa shape index (κ2) is 6.82. The molecular formula is C12H21N3O3S. The number of nitrogens with zero attached hydrogens (tertiary/aromatic N) is 3. The quantitative estimate of drug-likeness (QED) is 0.255. The zero-order valence-electron chi connectivity index (χ0n) is 12.3. The standard InChI is InChI=1S/C12H21N3O3S/c1-8(2)12(10(17)18-6,9(16)14-15-13)7-19-11(3,4)5/h8H,7H2,1-6H3/t12-/m1/s1. The van der Waals surface area contributed by atoms with Crippen molar-refractivity contribution in [2.45, 2.75) is 39.4 Å². The summed E-state index contributed by atoms with van der Waals surface area (Å²) in [7, 11) is 1.23. The number of thioether (sulfide) groups is 1. The molecule has 7 heteroatoms. The minimum Gasteiger partial charge on any atom is -0.468 e. The van der Waals surface area contributed by atoms with Gasteiger partial charge in [0.05, 0.1) is 7.11 Å². The predicted octanol–water partition coefficient (Wildman–Crippen LogP) is 3.17. The number of hydrogen-bond acceptors (Lipinski definition) is 4. The van der Waals surface area contributed by atoms with Crippen molar-refractivity contribution in [3.8, 4) is 0 Å². The number of amides is 1. The highest BCUT2D eigenvalue weighted by atomic mass is 32.2. The number of carbonyl (C=O) groups is 2. The van der Waals surface area contributed by atoms with Crippen molar-refractivity contribution in [2.75, 3.05) is 12.9 Å². The number of esters is 1. The smallest absolute Gasteiger partial charge is 0.320 e. The van der Waals surface area contributed by atoms with Gasteiger partial charge in [0.1, 0.15) is 5.41 Å². The minimum absolute atomic E-state index is 0.120. The van der Waals surface area contributed by atoms with E-state index in [9.17, 15) is 9.59 Å². The molecule has 6 nitrogen and oxygen atoms in total. The van der Waals surface area contributed by atoms with Crippen LogP contribution in [0.25, 0.3) is 10.4 Å². The fraction of sp³-hybridized carbons (Fsp3) is 0.833. The molecule has 1 atom stereocenters. The third-order valence-corrected chi connectivity index (χ3v) is 4.25. The Bertz CT molecular complexity index is 398. The molecule has 0 saturated carbocycles. The molecule has 0 N–H and O–H groups in total. The molecule has 0 aromatic carbocycles. The van der Waals surface area contributed by atoms with Gasteiger partial charge in [-0.05, 0) is 16.6 Å². The van der Waals surface area contributed by atoms with Crippen molar-refractivity contribution >= 4 is 23.6 Å². The minimum atomic E-state index is -1.43. The van der Waals surface area contributed by atoms with Gasteiger partial charge in [-0.1, -0.05) is 34.6 Å². The van der Waals surface area contributed by atoms with E-state index in [1.807, 2.05) is 20.8 Å². The van der Waals surface area contributed by atoms with E-state index in [0.717, 1.165) is 0 Å². The van der Waals surface area contributed by atoms with Gasteiger partial charge in [0.25, 0.3) is 0 Å². The number of methoxy groups -OCH3 is 1. The maximum atomic E-state index is 12.1. The third kappa shape index (κ3) is 4.44. The first-order valence-electron chi connectivity index (χ1n) is 5.93. The Kier molecular flexibility index (Phi) is 6.39. The van der Waals surface area contributed by atoms with Gasteiger partial charge in [-0.3, -0.25) is 9.59 Å². The highest BCUT2D eigenvalue weighted by molar-refractivity contribution is 8.00. The van der Waals surface area contributed by atoms with E-state index < -0.39 is 17.3 Å². The summed E-state index contributed by atoms with van der Waals surface area (Å²) in [5, 5.41) is 3.12. The van der Waals surface area contributed by atoms with Crippen LogP contribution in [-0.2, 0) is 14.3 Å². The zero-order valence-corrected chi connectivity index (χ0v) is 13.1. The topological polar surface area (TPSA) is 92.1 Å². The summed E-state index contributed by atoms with van der Waals surface area (Å²) < 4.78 is 4.63. The summed E-state index contributed by atoms with van der Waals surface area (Å²) in [5.74, 6) is -1.54. The lowest BCUT2D eigenvalue weighted by Gasteiger charge is -2.33. The van der Waals surface area contributed by atoms with Crippen molar-refractivity contribution < 1.29 is 14.3 Å². The first-order chi connectivity index (χ1) is 8.61. The maximum absolute atomic E-state index is 12.1. The van der Waals surface area contributed by atoms with Gasteiger partial charge in [0, 0.05) is 15.4 Å². The molecule has 0 bridgehead atoms. The van der Waals surface area contributed by atoms with Gasteiger partial charge in [0.15, 0.2) is 0 Å². The largest absolute Gasteiger partial charge is 0.468 e. The number of azide groups is 1. The molecule has 0 heterocycles. The highest BCUT2D eigenvalue weighted by Gasteiger charge is 2.49. The van der Waals surface area contributed by atoms with E-state index in [-0.39, 0.29) is 16.4 Å². The number of rotatable bonds is 5. The summed E-state index contributed by atoms with van der Waals surface area (Å²) in [6, 6.07) is 0. The number of hydrogen-bond donors (Lipinski definition) is 0. The Morgan fingerprint density at radius 1 is 1.37 bits per heavy atom. The van der Waals surface area contributed by atoms with Crippen LogP contribution in [0.1, 0.15) is 34.6 Å². The van der Waals surface area contributed by atoms with Crippen LogP contribution in [0.4, 0.5) is 0 Å². The molecule has 0 radical (unpaired) electrons. The van der Waals surface area contributed by atoms with Crippen LogP contribution in [0.5, 0.6) is 0 Å². The summed E-state index contributed by atoms with van der Waals surface area (Å²) in [6.07, 6.45) is 0. The fourth-order valence-electron chi connectivity index (χ4n) is 1.50. The highest BCUT2D eigenvalue weighted by Crippen LogP contribution is 2.38. The lowest BCUT2D eigenvalue weighted by molar-refractivity contribution is -0.159. The Labute approximate surface area is 117 Å². The molecule has 0 aliphatic heterocycles. The summed E-state index contributed by atoms with van der Waals surface area (Å²) in [6.45, 7) is 9.43. The Morgan fingerprint density at radius 2 is 1.89 bits per heavy atom. The van der Waals surface area contributed by atoms with Crippen LogP contribution in [0.3, 0.4) is 0 Å². The SMILES string of the molecule is COC(=O)[C@@](CSC(C)(C)C)(C(=O)N=[N+]=[N-])C(C)C. The molecule has 108 valence electrons. The van der Waals surface area contributed by atoms with Gasteiger partial charge < -0.3 is 4.74 Å². The van der Waals surface area contributed by atoms with E-state index in [2.05, 4.69) is 10.0 Å². The molecule has 0 aliphatic rings. The lowest BCUT2D eigenvalue weighted by Crippen LogP contribution is -2.46. The molecule has 0 saturated heterocycles. The maximum Gasteiger partial charge on any atom is 0.320 e. The van der Waals surface area contributed by atoms with E-state index in [4.69, 9.17) is 10.3 Å². The first kappa shape index (κ1) is 17.8. The molecule has 0 aromatic heterocycles. The lowest BCUT2D eigenvalue weighted by atomic mass is 9.78. The Hall–Kier alpha value is -1.20. The van der Waals surface area contributed by atoms with Gasteiger partial charge in [-0.25, -0.2) is 0 Å². The van der Waals surface area contributed by atoms with Gasteiger partial charge in [-0.2, -0.15) is 11.8 Å². The normalized spacial score (nSPS) is 14.5. The second-order valence-electron chi connectivity index (χ2n) is 5.51. The van der Waals surface area contributed by atoms with E-state index in [1.54, 1.807) is 13.8 Å². The zero-order chi connectivity index (χ0) is 15.3. The van der Waals surface area contributed by atoms with Gasteiger partial charge in [0.2, 0.25) is 5.91 Å². The van der Waals surface area contributed by atoms with E-state index in [0.29, 0.717) is 0 Å². The van der Waals surface area contributed by atoms with E-state index >= 15 is 0 Å². The molecule has 0 spiro atoms. The van der Waals surface area contributed by atoms with Crippen LogP contribution >= 0.6 is 11.8 Å². The monoisotopic (exact) mass is 287 g/mol. The molecule has 0 fully saturated rings. The van der Waals surface area contributed by atoms with Gasteiger partial charge in [-0.15, -0.1) is 0 Å². The van der Waals surface area contributed by atoms with Crippen molar-refractivity contribution in [3.05, 3.63) is 10.4 Å². The van der Waals surface area contributed by atoms with Crippen molar-refractivity contribution in [1.29, 1.82) is 0 Å². The third-order valence-electron chi connectivity index (χ3n) is 2.79. The summed E-state index contributed by atoms with van der Waals surface area (Å²) in [5.41, 5.74) is 7.01. The molecule has 19 heavy (non-hydrogen) atoms. The van der Waals surface area contributed by atoms with Crippen molar-refractivity contribution in [3.63, 3.8) is 0 Å². The number of carbonyl (C=O) groups excluding carboxylic acids is 2. The van der Waals surface area contributed by atoms with Crippen LogP contribution in [-0.4, -0.2) is 29.5 Å². The molecule has 0 aromatic rings. The van der Waals surface area contributed by atoms with Crippen molar-refractivity contribution in [2.24, 2.45) is 16.4 Å². The van der Waals surface area contributed by atoms with Crippen LogP contribution < -0.4 is 0 Å². The molecule has 0 rings (SSSR count). The molecule has 0 aliphatic carbocycles. The average molecular weight is 287 g/mol. The molecule has 1 amide bonds. The Balaban J connectivity index is 5.58. The summed E-state index contributed by atoms with van der Waals surface area (Å²) >= 11 is 1.46. The molecular weight excluding hydrogens is 266 g/mol. The fourth-order valence-corrected chi connectivity index (χ4v) is 2.73. The van der Waals surface area contributed by atoms with Crippen LogP contribution in [0.2, 0.25) is 0 Å². The van der Waals surface area contributed by atoms with Crippen LogP contribution in [0.15, 0.2) is 5.11 Å². The van der Waals surface area contributed by atoms with Crippen LogP contribution in [0, 0.1) is 11.3 Å². The number of ether oxygens (including phenoxy) is 1. The van der Waals surface area contributed by atoms with E-state index in [1.165, 1.54) is 18.9 Å². The summed E-state index contributed by atoms with van der Waals surface area (Å²) in [4.78, 5) is 26.7.